The molecular formula is C14H11N3O2S. The van der Waals surface area contributed by atoms with Crippen LogP contribution in [0.25, 0.3) is 5.65 Å². The minimum Gasteiger partial charge on any atom is -0.384 e. The number of pyridine rings is 1. The van der Waals surface area contributed by atoms with Crippen molar-refractivity contribution in [1.29, 1.82) is 0 Å². The van der Waals surface area contributed by atoms with E-state index in [9.17, 15) is 4.79 Å². The van der Waals surface area contributed by atoms with Crippen molar-refractivity contribution in [2.24, 2.45) is 0 Å². The van der Waals surface area contributed by atoms with Crippen molar-refractivity contribution >= 4 is 17.0 Å². The molecule has 3 rings (SSSR count). The van der Waals surface area contributed by atoms with Gasteiger partial charge in [0, 0.05) is 16.6 Å². The van der Waals surface area contributed by atoms with Crippen molar-refractivity contribution in [2.75, 3.05) is 6.61 Å². The third kappa shape index (κ3) is 2.25. The number of hydrogen-bond donors (Lipinski definition) is 1. The van der Waals surface area contributed by atoms with E-state index in [0.29, 0.717) is 12.2 Å². The highest BCUT2D eigenvalue weighted by Crippen LogP contribution is 2.16. The van der Waals surface area contributed by atoms with Gasteiger partial charge in [0.15, 0.2) is 5.65 Å². The Morgan fingerprint density at radius 3 is 3.05 bits per heavy atom. The van der Waals surface area contributed by atoms with Crippen molar-refractivity contribution in [3.63, 3.8) is 0 Å². The predicted octanol–water partition coefficient (Wildman–Crippen LogP) is 0.950. The lowest BCUT2D eigenvalue weighted by molar-refractivity contribution is 0.350. The molecule has 0 saturated carbocycles. The number of nitrogens with zero attached hydrogens (tertiary/aromatic N) is 3. The molecule has 0 spiro atoms. The van der Waals surface area contributed by atoms with Gasteiger partial charge in [0.25, 0.3) is 0 Å². The molecule has 3 aromatic heterocycles. The molecule has 0 unspecified atom stereocenters. The zero-order valence-electron chi connectivity index (χ0n) is 10.5. The molecule has 0 aliphatic rings. The summed E-state index contributed by atoms with van der Waals surface area (Å²) in [6.07, 6.45) is 1.70. The lowest BCUT2D eigenvalue weighted by atomic mass is 10.2. The van der Waals surface area contributed by atoms with E-state index < -0.39 is 0 Å². The molecule has 0 aliphatic heterocycles. The maximum Gasteiger partial charge on any atom is 0.350 e. The fourth-order valence-electron chi connectivity index (χ4n) is 1.92. The topological polar surface area (TPSA) is 59.5 Å². The summed E-state index contributed by atoms with van der Waals surface area (Å²) in [5.41, 5.74) is 1.28. The fourth-order valence-corrected chi connectivity index (χ4v) is 2.73. The first-order valence-corrected chi connectivity index (χ1v) is 6.88. The van der Waals surface area contributed by atoms with Crippen LogP contribution in [0.2, 0.25) is 0 Å². The third-order valence-electron chi connectivity index (χ3n) is 2.83. The Morgan fingerprint density at radius 1 is 1.35 bits per heavy atom. The largest absolute Gasteiger partial charge is 0.384 e. The second-order valence-corrected chi connectivity index (χ2v) is 5.09. The molecule has 100 valence electrons. The highest BCUT2D eigenvalue weighted by atomic mass is 32.1. The smallest absolute Gasteiger partial charge is 0.350 e. The molecule has 0 bridgehead atoms. The van der Waals surface area contributed by atoms with E-state index in [4.69, 9.17) is 5.11 Å². The Bertz CT molecular complexity index is 864. The first kappa shape index (κ1) is 12.7. The predicted molar refractivity (Wildman–Crippen MR) is 76.8 cm³/mol. The van der Waals surface area contributed by atoms with E-state index in [1.165, 1.54) is 20.4 Å². The normalized spacial score (nSPS) is 10.4. The molecule has 1 N–H and O–H groups in total. The zero-order valence-corrected chi connectivity index (χ0v) is 11.3. The van der Waals surface area contributed by atoms with E-state index in [-0.39, 0.29) is 12.3 Å². The van der Waals surface area contributed by atoms with Crippen molar-refractivity contribution in [3.8, 4) is 11.8 Å². The number of fused-ring (bicyclic) bond motifs is 1. The first-order valence-electron chi connectivity index (χ1n) is 6.00. The molecule has 0 aliphatic carbocycles. The average Bonchev–Trinajstić information content (AvgIpc) is 3.03. The Labute approximate surface area is 118 Å². The van der Waals surface area contributed by atoms with Crippen LogP contribution in [0, 0.1) is 11.8 Å². The number of rotatable bonds is 2. The van der Waals surface area contributed by atoms with E-state index in [0.717, 1.165) is 10.4 Å². The highest BCUT2D eigenvalue weighted by Gasteiger charge is 2.09. The molecule has 0 fully saturated rings. The van der Waals surface area contributed by atoms with Crippen LogP contribution in [-0.4, -0.2) is 25.9 Å². The maximum absolute atomic E-state index is 12.2. The van der Waals surface area contributed by atoms with Gasteiger partial charge in [-0.1, -0.05) is 17.9 Å². The molecule has 3 heterocycles. The van der Waals surface area contributed by atoms with Crippen LogP contribution in [0.3, 0.4) is 0 Å². The average molecular weight is 285 g/mol. The number of aliphatic hydroxyl groups excluding tert-OH is 1. The number of thiophene rings is 1. The molecule has 5 nitrogen and oxygen atoms in total. The van der Waals surface area contributed by atoms with Crippen LogP contribution >= 0.6 is 11.3 Å². The second-order valence-electron chi connectivity index (χ2n) is 4.09. The van der Waals surface area contributed by atoms with E-state index >= 15 is 0 Å². The van der Waals surface area contributed by atoms with Gasteiger partial charge in [-0.25, -0.2) is 9.48 Å². The molecule has 20 heavy (non-hydrogen) atoms. The Hall–Kier alpha value is -2.36. The quantitative estimate of drug-likeness (QED) is 0.713. The molecule has 0 saturated heterocycles. The molecular weight excluding hydrogens is 274 g/mol. The van der Waals surface area contributed by atoms with Gasteiger partial charge in [0.1, 0.15) is 6.61 Å². The number of aliphatic hydroxyl groups is 1. The second kappa shape index (κ2) is 5.33. The Balaban J connectivity index is 2.00. The van der Waals surface area contributed by atoms with Gasteiger partial charge in [-0.15, -0.1) is 16.4 Å². The van der Waals surface area contributed by atoms with Crippen LogP contribution in [0.15, 0.2) is 40.6 Å². The lowest BCUT2D eigenvalue weighted by Gasteiger charge is -1.97. The minimum atomic E-state index is -0.177. The highest BCUT2D eigenvalue weighted by molar-refractivity contribution is 7.10. The van der Waals surface area contributed by atoms with Gasteiger partial charge < -0.3 is 5.11 Å². The minimum absolute atomic E-state index is 0.171. The molecule has 0 aromatic carbocycles. The molecule has 0 atom stereocenters. The summed E-state index contributed by atoms with van der Waals surface area (Å²) in [4.78, 5) is 13.1. The maximum atomic E-state index is 12.2. The van der Waals surface area contributed by atoms with E-state index in [2.05, 4.69) is 16.9 Å². The van der Waals surface area contributed by atoms with Crippen LogP contribution in [0.4, 0.5) is 0 Å². The van der Waals surface area contributed by atoms with E-state index in [1.807, 2.05) is 17.5 Å². The van der Waals surface area contributed by atoms with Crippen molar-refractivity contribution in [3.05, 3.63) is 56.8 Å². The molecule has 6 heteroatoms. The van der Waals surface area contributed by atoms with Gasteiger partial charge >= 0.3 is 5.69 Å². The monoisotopic (exact) mass is 285 g/mol. The summed E-state index contributed by atoms with van der Waals surface area (Å²) in [6, 6.07) is 7.31. The van der Waals surface area contributed by atoms with Crippen LogP contribution in [0.5, 0.6) is 0 Å². The number of aromatic nitrogens is 3. The van der Waals surface area contributed by atoms with Gasteiger partial charge in [-0.2, -0.15) is 0 Å². The zero-order chi connectivity index (χ0) is 13.9. The van der Waals surface area contributed by atoms with Gasteiger partial charge in [-0.05, 0) is 23.6 Å². The van der Waals surface area contributed by atoms with Crippen molar-refractivity contribution in [1.82, 2.24) is 14.2 Å². The van der Waals surface area contributed by atoms with Gasteiger partial charge in [-0.3, -0.25) is 4.40 Å². The summed E-state index contributed by atoms with van der Waals surface area (Å²) >= 11 is 1.52. The molecule has 0 radical (unpaired) electrons. The SMILES string of the molecule is O=c1n(Cc2sccc2C#CCO)nc2ccccn12. The summed E-state index contributed by atoms with van der Waals surface area (Å²) < 4.78 is 2.93. The lowest BCUT2D eigenvalue weighted by Crippen LogP contribution is -2.21. The summed E-state index contributed by atoms with van der Waals surface area (Å²) in [6.45, 7) is 0.206. The molecule has 3 aromatic rings. The number of hydrogen-bond acceptors (Lipinski definition) is 4. The molecule has 0 amide bonds. The summed E-state index contributed by atoms with van der Waals surface area (Å²) in [5, 5.41) is 14.9. The summed E-state index contributed by atoms with van der Waals surface area (Å²) in [7, 11) is 0. The van der Waals surface area contributed by atoms with E-state index in [1.54, 1.807) is 18.3 Å². The Kier molecular flexibility index (Phi) is 3.37. The standard InChI is InChI=1S/C14H11N3O2S/c18-8-3-4-11-6-9-20-12(11)10-17-14(19)16-7-2-1-5-13(16)15-17/h1-2,5-7,9,18H,8,10H2. The first-order chi connectivity index (χ1) is 9.79. The fraction of sp³-hybridized carbons (Fsp3) is 0.143. The van der Waals surface area contributed by atoms with Crippen molar-refractivity contribution in [2.45, 2.75) is 6.54 Å². The van der Waals surface area contributed by atoms with Crippen molar-refractivity contribution < 1.29 is 5.11 Å². The van der Waals surface area contributed by atoms with Crippen LogP contribution in [0.1, 0.15) is 10.4 Å². The van der Waals surface area contributed by atoms with Gasteiger partial charge in [0.05, 0.1) is 6.54 Å². The van der Waals surface area contributed by atoms with Crippen LogP contribution in [-0.2, 0) is 6.54 Å². The van der Waals surface area contributed by atoms with Crippen LogP contribution < -0.4 is 5.69 Å². The van der Waals surface area contributed by atoms with Gasteiger partial charge in [0.2, 0.25) is 0 Å². The third-order valence-corrected chi connectivity index (χ3v) is 3.74. The Morgan fingerprint density at radius 2 is 2.25 bits per heavy atom. The summed E-state index contributed by atoms with van der Waals surface area (Å²) in [5.74, 6) is 5.49.